The highest BCUT2D eigenvalue weighted by Crippen LogP contribution is 2.03. The molecule has 2 N–H and O–H groups in total. The van der Waals surface area contributed by atoms with Crippen LogP contribution < -0.4 is 5.32 Å². The molecule has 1 aromatic carbocycles. The number of aryl methyl sites for hydroxylation is 1. The van der Waals surface area contributed by atoms with Gasteiger partial charge in [-0.3, -0.25) is 4.79 Å². The Morgan fingerprint density at radius 3 is 2.62 bits per heavy atom. The van der Waals surface area contributed by atoms with E-state index in [4.69, 9.17) is 5.11 Å². The van der Waals surface area contributed by atoms with Crippen LogP contribution in [0, 0.1) is 0 Å². The van der Waals surface area contributed by atoms with Gasteiger partial charge in [0.05, 0.1) is 6.61 Å². The molecule has 1 aromatic rings. The molecule has 88 valence electrons. The molecule has 0 aliphatic heterocycles. The molecule has 0 bridgehead atoms. The average Bonchev–Trinajstić information content (AvgIpc) is 2.30. The van der Waals surface area contributed by atoms with Gasteiger partial charge in [0.2, 0.25) is 5.91 Å². The lowest BCUT2D eigenvalue weighted by Crippen LogP contribution is -2.24. The zero-order valence-electron chi connectivity index (χ0n) is 9.48. The molecule has 0 fully saturated rings. The number of nitrogens with one attached hydrogen (secondary N) is 1. The van der Waals surface area contributed by atoms with Crippen molar-refractivity contribution < 1.29 is 9.90 Å². The molecule has 0 unspecified atom stereocenters. The molecule has 3 nitrogen and oxygen atoms in total. The van der Waals surface area contributed by atoms with Crippen LogP contribution in [0.4, 0.5) is 0 Å². The molecule has 1 rings (SSSR count). The minimum absolute atomic E-state index is 0.0674. The van der Waals surface area contributed by atoms with Crippen LogP contribution in [-0.2, 0) is 11.2 Å². The van der Waals surface area contributed by atoms with E-state index in [1.807, 2.05) is 18.2 Å². The van der Waals surface area contributed by atoms with E-state index in [2.05, 4.69) is 17.4 Å². The number of unbranched alkanes of at least 4 members (excludes halogenated alkanes) is 1. The van der Waals surface area contributed by atoms with E-state index >= 15 is 0 Å². The average molecular weight is 221 g/mol. The normalized spacial score (nSPS) is 10.1. The summed E-state index contributed by atoms with van der Waals surface area (Å²) < 4.78 is 0. The second-order valence-electron chi connectivity index (χ2n) is 3.77. The minimum Gasteiger partial charge on any atom is -0.396 e. The Hall–Kier alpha value is -1.35. The Balaban J connectivity index is 2.02. The van der Waals surface area contributed by atoms with Gasteiger partial charge < -0.3 is 10.4 Å². The van der Waals surface area contributed by atoms with Crippen LogP contribution >= 0.6 is 0 Å². The topological polar surface area (TPSA) is 49.3 Å². The van der Waals surface area contributed by atoms with Crippen molar-refractivity contribution in [1.29, 1.82) is 0 Å². The number of carbonyl (C=O) groups excluding carboxylic acids is 1. The second kappa shape index (κ2) is 7.88. The van der Waals surface area contributed by atoms with Crippen molar-refractivity contribution in [2.24, 2.45) is 0 Å². The molecule has 0 aromatic heterocycles. The smallest absolute Gasteiger partial charge is 0.222 e. The van der Waals surface area contributed by atoms with E-state index in [-0.39, 0.29) is 18.9 Å². The van der Waals surface area contributed by atoms with Gasteiger partial charge in [-0.25, -0.2) is 0 Å². The van der Waals surface area contributed by atoms with Crippen LogP contribution in [0.3, 0.4) is 0 Å². The largest absolute Gasteiger partial charge is 0.396 e. The standard InChI is InChI=1S/C13H19NO2/c15-11-9-13(16)14-10-5-4-8-12-6-2-1-3-7-12/h1-3,6-7,15H,4-5,8-11H2,(H,14,16). The fourth-order valence-corrected chi connectivity index (χ4v) is 1.52. The minimum atomic E-state index is -0.0736. The number of rotatable bonds is 7. The molecule has 0 saturated carbocycles. The lowest BCUT2D eigenvalue weighted by atomic mass is 10.1. The zero-order chi connectivity index (χ0) is 11.6. The third-order valence-corrected chi connectivity index (χ3v) is 2.40. The molecule has 0 heterocycles. The fourth-order valence-electron chi connectivity index (χ4n) is 1.52. The first-order valence-electron chi connectivity index (χ1n) is 5.74. The third kappa shape index (κ3) is 5.51. The van der Waals surface area contributed by atoms with E-state index in [1.165, 1.54) is 5.56 Å². The van der Waals surface area contributed by atoms with E-state index in [0.717, 1.165) is 19.3 Å². The van der Waals surface area contributed by atoms with Gasteiger partial charge in [-0.1, -0.05) is 30.3 Å². The molecule has 0 atom stereocenters. The third-order valence-electron chi connectivity index (χ3n) is 2.40. The number of aliphatic hydroxyl groups is 1. The highest BCUT2D eigenvalue weighted by Gasteiger charge is 1.98. The summed E-state index contributed by atoms with van der Waals surface area (Å²) in [7, 11) is 0. The first-order chi connectivity index (χ1) is 7.83. The van der Waals surface area contributed by atoms with Crippen LogP contribution in [-0.4, -0.2) is 24.2 Å². The zero-order valence-corrected chi connectivity index (χ0v) is 9.48. The number of amides is 1. The van der Waals surface area contributed by atoms with Crippen LogP contribution in [0.2, 0.25) is 0 Å². The van der Waals surface area contributed by atoms with E-state index in [0.29, 0.717) is 6.54 Å². The number of carbonyl (C=O) groups is 1. The van der Waals surface area contributed by atoms with Crippen LogP contribution in [0.5, 0.6) is 0 Å². The van der Waals surface area contributed by atoms with Crippen molar-refractivity contribution in [3.63, 3.8) is 0 Å². The van der Waals surface area contributed by atoms with Gasteiger partial charge in [0, 0.05) is 13.0 Å². The summed E-state index contributed by atoms with van der Waals surface area (Å²) >= 11 is 0. The van der Waals surface area contributed by atoms with Gasteiger partial charge in [0.15, 0.2) is 0 Å². The molecule has 0 saturated heterocycles. The maximum absolute atomic E-state index is 11.0. The summed E-state index contributed by atoms with van der Waals surface area (Å²) in [6, 6.07) is 10.3. The molecule has 0 aliphatic rings. The van der Waals surface area contributed by atoms with E-state index < -0.39 is 0 Å². The summed E-state index contributed by atoms with van der Waals surface area (Å²) in [5, 5.41) is 11.3. The van der Waals surface area contributed by atoms with Gasteiger partial charge in [-0.2, -0.15) is 0 Å². The first-order valence-corrected chi connectivity index (χ1v) is 5.74. The molecule has 16 heavy (non-hydrogen) atoms. The summed E-state index contributed by atoms with van der Waals surface area (Å²) in [6.45, 7) is 0.627. The quantitative estimate of drug-likeness (QED) is 0.686. The van der Waals surface area contributed by atoms with Crippen molar-refractivity contribution in [2.75, 3.05) is 13.2 Å². The van der Waals surface area contributed by atoms with Crippen LogP contribution in [0.1, 0.15) is 24.8 Å². The molecule has 3 heteroatoms. The molecule has 0 spiro atoms. The maximum Gasteiger partial charge on any atom is 0.222 e. The Morgan fingerprint density at radius 2 is 1.94 bits per heavy atom. The van der Waals surface area contributed by atoms with Gasteiger partial charge in [0.25, 0.3) is 0 Å². The van der Waals surface area contributed by atoms with Crippen molar-refractivity contribution in [1.82, 2.24) is 5.32 Å². The summed E-state index contributed by atoms with van der Waals surface area (Å²) in [5.41, 5.74) is 1.34. The van der Waals surface area contributed by atoms with Crippen molar-refractivity contribution >= 4 is 5.91 Å². The highest BCUT2D eigenvalue weighted by atomic mass is 16.3. The van der Waals surface area contributed by atoms with E-state index in [1.54, 1.807) is 0 Å². The lowest BCUT2D eigenvalue weighted by Gasteiger charge is -2.04. The van der Waals surface area contributed by atoms with E-state index in [9.17, 15) is 4.79 Å². The Bertz CT molecular complexity index is 298. The monoisotopic (exact) mass is 221 g/mol. The molecule has 0 aliphatic carbocycles. The Kier molecular flexibility index (Phi) is 6.26. The maximum atomic E-state index is 11.0. The summed E-state index contributed by atoms with van der Waals surface area (Å²) in [4.78, 5) is 11.0. The number of benzene rings is 1. The predicted molar refractivity (Wildman–Crippen MR) is 64.1 cm³/mol. The lowest BCUT2D eigenvalue weighted by molar-refractivity contribution is -0.121. The molecule has 0 radical (unpaired) electrons. The Morgan fingerprint density at radius 1 is 1.19 bits per heavy atom. The van der Waals surface area contributed by atoms with Crippen LogP contribution in [0.25, 0.3) is 0 Å². The number of hydrogen-bond acceptors (Lipinski definition) is 2. The first kappa shape index (κ1) is 12.7. The van der Waals surface area contributed by atoms with Gasteiger partial charge in [0.1, 0.15) is 0 Å². The second-order valence-corrected chi connectivity index (χ2v) is 3.77. The SMILES string of the molecule is O=C(CCO)NCCCCc1ccccc1. The fraction of sp³-hybridized carbons (Fsp3) is 0.462. The van der Waals surface area contributed by atoms with Crippen molar-refractivity contribution in [3.05, 3.63) is 35.9 Å². The molecular formula is C13H19NO2. The van der Waals surface area contributed by atoms with Gasteiger partial charge in [-0.05, 0) is 24.8 Å². The predicted octanol–water partition coefficient (Wildman–Crippen LogP) is 1.51. The van der Waals surface area contributed by atoms with Crippen LogP contribution in [0.15, 0.2) is 30.3 Å². The van der Waals surface area contributed by atoms with Crippen molar-refractivity contribution in [2.45, 2.75) is 25.7 Å². The van der Waals surface area contributed by atoms with Gasteiger partial charge >= 0.3 is 0 Å². The van der Waals surface area contributed by atoms with Gasteiger partial charge in [-0.15, -0.1) is 0 Å². The summed E-state index contributed by atoms with van der Waals surface area (Å²) in [5.74, 6) is -0.0674. The van der Waals surface area contributed by atoms with Crippen molar-refractivity contribution in [3.8, 4) is 0 Å². The molecule has 1 amide bonds. The number of hydrogen-bond donors (Lipinski definition) is 2. The summed E-state index contributed by atoms with van der Waals surface area (Å²) in [6.07, 6.45) is 3.31. The Labute approximate surface area is 96.5 Å². The highest BCUT2D eigenvalue weighted by molar-refractivity contribution is 5.75. The molecular weight excluding hydrogens is 202 g/mol. The number of aliphatic hydroxyl groups excluding tert-OH is 1.